The molecule has 8 nitrogen and oxygen atoms in total. The van der Waals surface area contributed by atoms with E-state index in [0.29, 0.717) is 5.75 Å². The Balaban J connectivity index is 1.77. The van der Waals surface area contributed by atoms with Crippen LogP contribution in [-0.4, -0.2) is 69.0 Å². The van der Waals surface area contributed by atoms with Crippen molar-refractivity contribution in [1.82, 2.24) is 0 Å². The van der Waals surface area contributed by atoms with Crippen LogP contribution in [0.3, 0.4) is 0 Å². The summed E-state index contributed by atoms with van der Waals surface area (Å²) in [4.78, 5) is 10.5. The zero-order chi connectivity index (χ0) is 22.7. The van der Waals surface area contributed by atoms with E-state index >= 15 is 0 Å². The molecule has 0 amide bonds. The number of aliphatic carboxylic acids is 1. The zero-order valence-electron chi connectivity index (χ0n) is 16.3. The van der Waals surface area contributed by atoms with Crippen molar-refractivity contribution in [1.29, 1.82) is 0 Å². The molecule has 0 bridgehead atoms. The number of methoxy groups -OCH3 is 1. The molecule has 2 aromatic carbocycles. The third-order valence-electron chi connectivity index (χ3n) is 5.03. The van der Waals surface area contributed by atoms with Gasteiger partial charge in [-0.3, -0.25) is 0 Å². The summed E-state index contributed by atoms with van der Waals surface area (Å²) in [6.07, 6.45) is -8.41. The fraction of sp³-hybridized carbons (Fsp3) is 0.381. The van der Waals surface area contributed by atoms with Crippen molar-refractivity contribution in [2.75, 3.05) is 7.11 Å². The number of carboxylic acids is 1. The van der Waals surface area contributed by atoms with E-state index in [1.54, 1.807) is 43.5 Å². The number of carbonyl (C=O) groups is 1. The molecule has 1 heterocycles. The number of hydrogen-bond acceptors (Lipinski definition) is 7. The van der Waals surface area contributed by atoms with Gasteiger partial charge in [-0.05, 0) is 35.4 Å². The number of aliphatic hydroxyl groups is 3. The lowest BCUT2D eigenvalue weighted by Crippen LogP contribution is -2.61. The molecule has 3 rings (SSSR count). The topological polar surface area (TPSA) is 126 Å². The van der Waals surface area contributed by atoms with Gasteiger partial charge in [-0.25, -0.2) is 4.79 Å². The summed E-state index contributed by atoms with van der Waals surface area (Å²) >= 11 is 12.4. The van der Waals surface area contributed by atoms with Crippen molar-refractivity contribution in [3.8, 4) is 11.5 Å². The van der Waals surface area contributed by atoms with Gasteiger partial charge in [-0.15, -0.1) is 23.2 Å². The first kappa shape index (κ1) is 23.6. The number of hydrogen-bond donors (Lipinski definition) is 4. The standard InChI is InChI=1S/C21H22Cl2O8/c1-29-12-6-2-10(3-7-12)14(19(22)23)11-4-8-13(9-5-11)30-21-17(26)15(24)16(25)18(31-21)20(27)28/h2-9,14-19,21,24-26H,1H3,(H,27,28). The Morgan fingerprint density at radius 2 is 1.42 bits per heavy atom. The first-order valence-electron chi connectivity index (χ1n) is 9.34. The number of aliphatic hydroxyl groups excluding tert-OH is 3. The van der Waals surface area contributed by atoms with Gasteiger partial charge in [0.2, 0.25) is 6.29 Å². The quantitative estimate of drug-likeness (QED) is 0.450. The third kappa shape index (κ3) is 5.23. The predicted molar refractivity (Wildman–Crippen MR) is 112 cm³/mol. The van der Waals surface area contributed by atoms with E-state index in [9.17, 15) is 20.1 Å². The minimum absolute atomic E-state index is 0.245. The summed E-state index contributed by atoms with van der Waals surface area (Å²) in [5, 5.41) is 38.8. The Morgan fingerprint density at radius 3 is 1.87 bits per heavy atom. The highest BCUT2D eigenvalue weighted by atomic mass is 35.5. The average molecular weight is 473 g/mol. The molecule has 0 aliphatic carbocycles. The van der Waals surface area contributed by atoms with Crippen LogP contribution in [0.25, 0.3) is 0 Å². The van der Waals surface area contributed by atoms with Gasteiger partial charge in [-0.2, -0.15) is 0 Å². The molecule has 0 spiro atoms. The second-order valence-electron chi connectivity index (χ2n) is 7.01. The van der Waals surface area contributed by atoms with Gasteiger partial charge < -0.3 is 34.6 Å². The van der Waals surface area contributed by atoms with E-state index in [4.69, 9.17) is 42.5 Å². The highest BCUT2D eigenvalue weighted by Crippen LogP contribution is 2.35. The summed E-state index contributed by atoms with van der Waals surface area (Å²) in [5.74, 6) is -0.882. The molecule has 4 N–H and O–H groups in total. The van der Waals surface area contributed by atoms with Gasteiger partial charge in [0.1, 0.15) is 34.6 Å². The first-order chi connectivity index (χ1) is 14.7. The summed E-state index contributed by atoms with van der Waals surface area (Å²) in [6, 6.07) is 13.9. The van der Waals surface area contributed by atoms with Crippen molar-refractivity contribution >= 4 is 29.2 Å². The van der Waals surface area contributed by atoms with Gasteiger partial charge in [0, 0.05) is 5.92 Å². The Kier molecular flexibility index (Phi) is 7.64. The van der Waals surface area contributed by atoms with Gasteiger partial charge in [-0.1, -0.05) is 24.3 Å². The molecule has 0 aromatic heterocycles. The molecule has 1 aliphatic heterocycles. The van der Waals surface area contributed by atoms with Crippen molar-refractivity contribution in [2.45, 2.75) is 41.5 Å². The van der Waals surface area contributed by atoms with Crippen molar-refractivity contribution in [3.63, 3.8) is 0 Å². The zero-order valence-corrected chi connectivity index (χ0v) is 17.8. The van der Waals surface area contributed by atoms with Crippen LogP contribution in [0.15, 0.2) is 48.5 Å². The average Bonchev–Trinajstić information content (AvgIpc) is 2.75. The summed E-state index contributed by atoms with van der Waals surface area (Å²) in [5.41, 5.74) is 1.66. The molecule has 6 atom stereocenters. The highest BCUT2D eigenvalue weighted by Gasteiger charge is 2.48. The molecule has 10 heteroatoms. The van der Waals surface area contributed by atoms with E-state index < -0.39 is 41.5 Å². The van der Waals surface area contributed by atoms with E-state index in [2.05, 4.69) is 0 Å². The van der Waals surface area contributed by atoms with Crippen molar-refractivity contribution in [2.24, 2.45) is 0 Å². The van der Waals surface area contributed by atoms with Gasteiger partial charge in [0.15, 0.2) is 6.10 Å². The van der Waals surface area contributed by atoms with Crippen LogP contribution >= 0.6 is 23.2 Å². The molecular weight excluding hydrogens is 451 g/mol. The van der Waals surface area contributed by atoms with Crippen LogP contribution in [-0.2, 0) is 9.53 Å². The third-order valence-corrected chi connectivity index (χ3v) is 5.54. The highest BCUT2D eigenvalue weighted by molar-refractivity contribution is 6.45. The van der Waals surface area contributed by atoms with Gasteiger partial charge >= 0.3 is 5.97 Å². The number of carboxylic acid groups (broad SMARTS) is 1. The second kappa shape index (κ2) is 10.0. The maximum atomic E-state index is 11.2. The molecule has 31 heavy (non-hydrogen) atoms. The Labute approximate surface area is 188 Å². The molecule has 0 saturated carbocycles. The van der Waals surface area contributed by atoms with Crippen molar-refractivity contribution < 1.29 is 39.4 Å². The van der Waals surface area contributed by atoms with Crippen molar-refractivity contribution in [3.05, 3.63) is 59.7 Å². The van der Waals surface area contributed by atoms with Crippen LogP contribution in [0.2, 0.25) is 0 Å². The molecule has 1 fully saturated rings. The van der Waals surface area contributed by atoms with E-state index in [-0.39, 0.29) is 11.7 Å². The summed E-state index contributed by atoms with van der Waals surface area (Å²) in [6.45, 7) is 0. The maximum Gasteiger partial charge on any atom is 0.335 e. The molecule has 1 saturated heterocycles. The largest absolute Gasteiger partial charge is 0.497 e. The van der Waals surface area contributed by atoms with E-state index in [1.165, 1.54) is 0 Å². The van der Waals surface area contributed by atoms with Gasteiger partial charge in [0.25, 0.3) is 0 Å². The lowest BCUT2D eigenvalue weighted by molar-refractivity contribution is -0.271. The fourth-order valence-corrected chi connectivity index (χ4v) is 3.91. The number of rotatable bonds is 7. The van der Waals surface area contributed by atoms with Gasteiger partial charge in [0.05, 0.1) is 7.11 Å². The molecule has 6 unspecified atom stereocenters. The predicted octanol–water partition coefficient (Wildman–Crippen LogP) is 1.90. The molecule has 168 valence electrons. The number of alkyl halides is 2. The smallest absolute Gasteiger partial charge is 0.335 e. The van der Waals surface area contributed by atoms with Crippen LogP contribution in [0.1, 0.15) is 17.0 Å². The summed E-state index contributed by atoms with van der Waals surface area (Å²) < 4.78 is 15.8. The lowest BCUT2D eigenvalue weighted by atomic mass is 9.92. The fourth-order valence-electron chi connectivity index (χ4n) is 3.33. The second-order valence-corrected chi connectivity index (χ2v) is 8.17. The monoisotopic (exact) mass is 472 g/mol. The van der Waals surface area contributed by atoms with Crippen LogP contribution in [0.5, 0.6) is 11.5 Å². The first-order valence-corrected chi connectivity index (χ1v) is 10.2. The van der Waals surface area contributed by atoms with Crippen LogP contribution < -0.4 is 9.47 Å². The molecule has 2 aromatic rings. The number of benzene rings is 2. The Bertz CT molecular complexity index is 874. The molecule has 0 radical (unpaired) electrons. The number of halogens is 2. The molecular formula is C21H22Cl2O8. The Hall–Kier alpha value is -2.07. The lowest BCUT2D eigenvalue weighted by Gasteiger charge is -2.38. The summed E-state index contributed by atoms with van der Waals surface area (Å²) in [7, 11) is 1.57. The maximum absolute atomic E-state index is 11.2. The number of ether oxygens (including phenoxy) is 3. The minimum Gasteiger partial charge on any atom is -0.497 e. The van der Waals surface area contributed by atoms with E-state index in [1.807, 2.05) is 12.1 Å². The molecule has 1 aliphatic rings. The minimum atomic E-state index is -1.79. The normalized spacial score (nSPS) is 27.0. The van der Waals surface area contributed by atoms with E-state index in [0.717, 1.165) is 11.1 Å². The van der Waals surface area contributed by atoms with Crippen LogP contribution in [0.4, 0.5) is 0 Å². The van der Waals surface area contributed by atoms with Crippen LogP contribution in [0, 0.1) is 0 Å². The Morgan fingerprint density at radius 1 is 0.903 bits per heavy atom. The SMILES string of the molecule is COc1ccc(C(c2ccc(OC3OC(C(=O)O)C(O)C(O)C3O)cc2)C(Cl)Cl)cc1.